The van der Waals surface area contributed by atoms with Crippen LogP contribution in [0.4, 0.5) is 27.8 Å². The number of aromatic nitrogens is 5. The van der Waals surface area contributed by atoms with Gasteiger partial charge in [0.25, 0.3) is 5.56 Å². The van der Waals surface area contributed by atoms with Gasteiger partial charge in [-0.1, -0.05) is 0 Å². The highest BCUT2D eigenvalue weighted by atomic mass is 19.4. The third-order valence-electron chi connectivity index (χ3n) is 4.83. The van der Waals surface area contributed by atoms with Crippen LogP contribution in [0.3, 0.4) is 0 Å². The number of hydrogen-bond donors (Lipinski definition) is 2. The average Bonchev–Trinajstić information content (AvgIpc) is 3.01. The molecule has 0 radical (unpaired) electrons. The van der Waals surface area contributed by atoms with Crippen molar-refractivity contribution in [1.29, 1.82) is 0 Å². The number of H-pyrrole nitrogens is 2. The summed E-state index contributed by atoms with van der Waals surface area (Å²) in [5.41, 5.74) is -2.45. The largest absolute Gasteiger partial charge is 0.466 e. The number of aromatic amines is 2. The van der Waals surface area contributed by atoms with Crippen molar-refractivity contribution in [2.45, 2.75) is 25.1 Å². The van der Waals surface area contributed by atoms with Gasteiger partial charge < -0.3 is 14.6 Å². The maximum absolute atomic E-state index is 14.6. The number of nitrogens with zero attached hydrogens (tertiary/aromatic N) is 4. The molecule has 1 aliphatic heterocycles. The molecule has 0 bridgehead atoms. The fourth-order valence-corrected chi connectivity index (χ4v) is 3.30. The van der Waals surface area contributed by atoms with Gasteiger partial charge in [-0.3, -0.25) is 9.78 Å². The second-order valence-electron chi connectivity index (χ2n) is 7.27. The molecule has 1 saturated heterocycles. The zero-order valence-corrected chi connectivity index (χ0v) is 16.8. The number of ether oxygens (including phenoxy) is 1. The molecule has 0 amide bonds. The van der Waals surface area contributed by atoms with Gasteiger partial charge in [0.2, 0.25) is 5.88 Å². The summed E-state index contributed by atoms with van der Waals surface area (Å²) in [5.74, 6) is -3.81. The van der Waals surface area contributed by atoms with E-state index < -0.39 is 54.0 Å². The van der Waals surface area contributed by atoms with Crippen LogP contribution in [0.25, 0.3) is 11.3 Å². The number of nitrogens with one attached hydrogen (secondary N) is 2. The van der Waals surface area contributed by atoms with Crippen LogP contribution in [-0.2, 0) is 6.18 Å². The predicted octanol–water partition coefficient (Wildman–Crippen LogP) is 2.15. The maximum Gasteiger partial charge on any atom is 0.416 e. The van der Waals surface area contributed by atoms with E-state index in [0.29, 0.717) is 12.1 Å². The lowest BCUT2D eigenvalue weighted by Crippen LogP contribution is -2.36. The standard InChI is InChI=1S/C19H15F5N6O3/c1-9-27-12(11-6-26-17(32)29-16(11)31)5-14(28-9)30-7-13(18(20,21)8-30)33-15-4-10(2-3-25-15)19(22,23)24/h2-6,13H,7-8H2,1H3,(H2,26,29,31,32)/t13-/m0/s1. The predicted molar refractivity (Wildman–Crippen MR) is 104 cm³/mol. The van der Waals surface area contributed by atoms with Crippen molar-refractivity contribution < 1.29 is 26.7 Å². The van der Waals surface area contributed by atoms with Crippen LogP contribution in [0, 0.1) is 6.92 Å². The molecule has 1 fully saturated rings. The molecule has 174 valence electrons. The van der Waals surface area contributed by atoms with Crippen LogP contribution in [0.1, 0.15) is 11.4 Å². The van der Waals surface area contributed by atoms with Crippen molar-refractivity contribution in [1.82, 2.24) is 24.9 Å². The second kappa shape index (κ2) is 7.94. The Hall–Kier alpha value is -3.84. The Bertz CT molecular complexity index is 1310. The van der Waals surface area contributed by atoms with Crippen molar-refractivity contribution in [2.24, 2.45) is 0 Å². The van der Waals surface area contributed by atoms with Crippen molar-refractivity contribution in [3.8, 4) is 17.1 Å². The molecule has 0 saturated carbocycles. The van der Waals surface area contributed by atoms with E-state index in [2.05, 4.69) is 19.9 Å². The van der Waals surface area contributed by atoms with Crippen LogP contribution in [0.15, 0.2) is 40.2 Å². The zero-order chi connectivity index (χ0) is 24.0. The highest BCUT2D eigenvalue weighted by Gasteiger charge is 2.51. The second-order valence-corrected chi connectivity index (χ2v) is 7.27. The van der Waals surface area contributed by atoms with E-state index in [4.69, 9.17) is 4.74 Å². The molecule has 1 aliphatic rings. The van der Waals surface area contributed by atoms with Crippen LogP contribution >= 0.6 is 0 Å². The van der Waals surface area contributed by atoms with Gasteiger partial charge >= 0.3 is 17.8 Å². The molecular formula is C19H15F5N6O3. The van der Waals surface area contributed by atoms with E-state index >= 15 is 0 Å². The molecule has 4 heterocycles. The summed E-state index contributed by atoms with van der Waals surface area (Å²) >= 11 is 0. The van der Waals surface area contributed by atoms with E-state index in [1.807, 2.05) is 4.98 Å². The summed E-state index contributed by atoms with van der Waals surface area (Å²) in [6, 6.07) is 2.54. The lowest BCUT2D eigenvalue weighted by molar-refractivity contribution is -0.137. The summed E-state index contributed by atoms with van der Waals surface area (Å²) in [6.07, 6.45) is -4.52. The van der Waals surface area contributed by atoms with Gasteiger partial charge in [0.1, 0.15) is 11.6 Å². The Kier molecular flexibility index (Phi) is 5.38. The molecule has 2 N–H and O–H groups in total. The first-order valence-corrected chi connectivity index (χ1v) is 9.43. The number of rotatable bonds is 4. The quantitative estimate of drug-likeness (QED) is 0.562. The zero-order valence-electron chi connectivity index (χ0n) is 16.8. The van der Waals surface area contributed by atoms with E-state index in [1.54, 1.807) is 0 Å². The number of aryl methyl sites for hydroxylation is 1. The highest BCUT2D eigenvalue weighted by Crippen LogP contribution is 2.35. The first kappa shape index (κ1) is 22.4. The molecule has 1 atom stereocenters. The lowest BCUT2D eigenvalue weighted by Gasteiger charge is -2.19. The van der Waals surface area contributed by atoms with Gasteiger partial charge in [0.05, 0.1) is 29.9 Å². The molecule has 9 nitrogen and oxygen atoms in total. The fourth-order valence-electron chi connectivity index (χ4n) is 3.30. The Morgan fingerprint density at radius 1 is 1.21 bits per heavy atom. The summed E-state index contributed by atoms with van der Waals surface area (Å²) in [4.78, 5) is 40.6. The Labute approximate surface area is 181 Å². The Morgan fingerprint density at radius 3 is 2.67 bits per heavy atom. The smallest absolute Gasteiger partial charge is 0.416 e. The molecule has 14 heteroatoms. The van der Waals surface area contributed by atoms with Gasteiger partial charge in [0.15, 0.2) is 6.10 Å². The average molecular weight is 470 g/mol. The van der Waals surface area contributed by atoms with Crippen molar-refractivity contribution in [3.05, 3.63) is 62.8 Å². The van der Waals surface area contributed by atoms with E-state index in [9.17, 15) is 31.5 Å². The number of pyridine rings is 1. The third kappa shape index (κ3) is 4.68. The third-order valence-corrected chi connectivity index (χ3v) is 4.83. The van der Waals surface area contributed by atoms with E-state index in [1.165, 1.54) is 13.0 Å². The minimum atomic E-state index is -4.68. The first-order chi connectivity index (χ1) is 15.4. The molecule has 0 spiro atoms. The van der Waals surface area contributed by atoms with Gasteiger partial charge in [0, 0.05) is 24.5 Å². The number of alkyl halides is 5. The number of halogens is 5. The summed E-state index contributed by atoms with van der Waals surface area (Å²) in [7, 11) is 0. The number of anilines is 1. The monoisotopic (exact) mass is 470 g/mol. The first-order valence-electron chi connectivity index (χ1n) is 9.43. The van der Waals surface area contributed by atoms with E-state index in [0.717, 1.165) is 17.3 Å². The van der Waals surface area contributed by atoms with Crippen LogP contribution < -0.4 is 20.9 Å². The molecule has 0 aliphatic carbocycles. The van der Waals surface area contributed by atoms with Crippen LogP contribution in [0.5, 0.6) is 5.88 Å². The Morgan fingerprint density at radius 2 is 1.97 bits per heavy atom. The molecule has 3 aromatic rings. The molecule has 0 unspecified atom stereocenters. The van der Waals surface area contributed by atoms with Gasteiger partial charge in [-0.2, -0.15) is 13.2 Å². The molecular weight excluding hydrogens is 455 g/mol. The Balaban J connectivity index is 1.61. The summed E-state index contributed by atoms with van der Waals surface area (Å²) in [6.45, 7) is 0.235. The minimum absolute atomic E-state index is 0.00623. The topological polar surface area (TPSA) is 117 Å². The normalized spacial score (nSPS) is 17.9. The SMILES string of the molecule is Cc1nc(-c2c[nH]c(=O)[nH]c2=O)cc(N2C[C@H](Oc3cc(C(F)(F)F)ccn3)C(F)(F)C2)n1. The van der Waals surface area contributed by atoms with Crippen LogP contribution in [0.2, 0.25) is 0 Å². The number of hydrogen-bond acceptors (Lipinski definition) is 7. The molecule has 0 aromatic carbocycles. The van der Waals surface area contributed by atoms with Crippen LogP contribution in [-0.4, -0.2) is 50.0 Å². The highest BCUT2D eigenvalue weighted by molar-refractivity contribution is 5.61. The van der Waals surface area contributed by atoms with Crippen molar-refractivity contribution >= 4 is 5.82 Å². The van der Waals surface area contributed by atoms with Crippen molar-refractivity contribution in [2.75, 3.05) is 18.0 Å². The molecule has 3 aromatic heterocycles. The summed E-state index contributed by atoms with van der Waals surface area (Å²) < 4.78 is 73.1. The minimum Gasteiger partial charge on any atom is -0.466 e. The fraction of sp³-hybridized carbons (Fsp3) is 0.316. The summed E-state index contributed by atoms with van der Waals surface area (Å²) in [5, 5.41) is 0. The molecule has 33 heavy (non-hydrogen) atoms. The van der Waals surface area contributed by atoms with Gasteiger partial charge in [-0.05, 0) is 13.0 Å². The van der Waals surface area contributed by atoms with Gasteiger partial charge in [-0.25, -0.2) is 28.5 Å². The van der Waals surface area contributed by atoms with E-state index in [-0.39, 0.29) is 22.9 Å². The maximum atomic E-state index is 14.6. The van der Waals surface area contributed by atoms with Crippen molar-refractivity contribution in [3.63, 3.8) is 0 Å². The molecule has 4 rings (SSSR count). The van der Waals surface area contributed by atoms with Gasteiger partial charge in [-0.15, -0.1) is 0 Å². The lowest BCUT2D eigenvalue weighted by atomic mass is 10.2.